The van der Waals surface area contributed by atoms with Crippen LogP contribution in [0, 0.1) is 18.3 Å². The molecule has 94 valence electrons. The Morgan fingerprint density at radius 1 is 1.06 bits per heavy atom. The average molecular weight is 233 g/mol. The molecule has 2 aliphatic carbocycles. The predicted molar refractivity (Wildman–Crippen MR) is 69.4 cm³/mol. The van der Waals surface area contributed by atoms with E-state index in [1.165, 1.54) is 25.7 Å². The lowest BCUT2D eigenvalue weighted by Gasteiger charge is -2.35. The van der Waals surface area contributed by atoms with Gasteiger partial charge in [-0.25, -0.2) is 0 Å². The fourth-order valence-corrected chi connectivity index (χ4v) is 3.16. The van der Waals surface area contributed by atoms with Crippen LogP contribution in [0.5, 0.6) is 0 Å². The molecule has 0 saturated heterocycles. The number of carbonyl (C=O) groups excluding carboxylic acids is 1. The van der Waals surface area contributed by atoms with E-state index in [1.807, 2.05) is 0 Å². The molecular weight excluding hydrogens is 210 g/mol. The van der Waals surface area contributed by atoms with Gasteiger partial charge in [0.05, 0.1) is 0 Å². The van der Waals surface area contributed by atoms with E-state index in [2.05, 4.69) is 11.2 Å². The minimum atomic E-state index is -0.327. The van der Waals surface area contributed by atoms with Gasteiger partial charge in [0.1, 0.15) is 5.54 Å². The lowest BCUT2D eigenvalue weighted by Crippen LogP contribution is -2.50. The predicted octanol–water partition coefficient (Wildman–Crippen LogP) is 3.02. The SMILES string of the molecule is C#CC1(NC(=O)C2CCCCC2)CCCCC1. The minimum absolute atomic E-state index is 0.213. The molecule has 0 aromatic carbocycles. The summed E-state index contributed by atoms with van der Waals surface area (Å²) in [6.45, 7) is 0. The summed E-state index contributed by atoms with van der Waals surface area (Å²) < 4.78 is 0. The van der Waals surface area contributed by atoms with Crippen LogP contribution in [-0.2, 0) is 4.79 Å². The maximum absolute atomic E-state index is 12.2. The molecule has 2 rings (SSSR count). The lowest BCUT2D eigenvalue weighted by molar-refractivity contribution is -0.127. The second-order valence-corrected chi connectivity index (χ2v) is 5.61. The molecule has 0 atom stereocenters. The van der Waals surface area contributed by atoms with Gasteiger partial charge in [-0.1, -0.05) is 44.4 Å². The van der Waals surface area contributed by atoms with Crippen molar-refractivity contribution in [1.29, 1.82) is 0 Å². The molecule has 0 radical (unpaired) electrons. The number of rotatable bonds is 2. The first kappa shape index (κ1) is 12.5. The summed E-state index contributed by atoms with van der Waals surface area (Å²) in [6, 6.07) is 0. The number of hydrogen-bond donors (Lipinski definition) is 1. The van der Waals surface area contributed by atoms with Crippen molar-refractivity contribution < 1.29 is 4.79 Å². The molecule has 0 aromatic heterocycles. The maximum Gasteiger partial charge on any atom is 0.224 e. The van der Waals surface area contributed by atoms with Gasteiger partial charge in [0.25, 0.3) is 0 Å². The smallest absolute Gasteiger partial charge is 0.224 e. The Morgan fingerprint density at radius 2 is 1.65 bits per heavy atom. The Bertz CT molecular complexity index is 303. The van der Waals surface area contributed by atoms with Gasteiger partial charge in [-0.2, -0.15) is 0 Å². The Hall–Kier alpha value is -0.970. The van der Waals surface area contributed by atoms with Crippen LogP contribution in [0.25, 0.3) is 0 Å². The highest BCUT2D eigenvalue weighted by molar-refractivity contribution is 5.80. The fraction of sp³-hybridized carbons (Fsp3) is 0.800. The summed E-state index contributed by atoms with van der Waals surface area (Å²) >= 11 is 0. The van der Waals surface area contributed by atoms with Crippen LogP contribution >= 0.6 is 0 Å². The van der Waals surface area contributed by atoms with Gasteiger partial charge in [0, 0.05) is 5.92 Å². The molecule has 0 aliphatic heterocycles. The Labute approximate surface area is 105 Å². The van der Waals surface area contributed by atoms with Gasteiger partial charge >= 0.3 is 0 Å². The zero-order valence-electron chi connectivity index (χ0n) is 10.6. The number of terminal acetylenes is 1. The summed E-state index contributed by atoms with van der Waals surface area (Å²) in [5, 5.41) is 3.18. The lowest BCUT2D eigenvalue weighted by atomic mass is 9.81. The second-order valence-electron chi connectivity index (χ2n) is 5.61. The van der Waals surface area contributed by atoms with Gasteiger partial charge < -0.3 is 5.32 Å². The summed E-state index contributed by atoms with van der Waals surface area (Å²) in [6.07, 6.45) is 16.9. The summed E-state index contributed by atoms with van der Waals surface area (Å²) in [7, 11) is 0. The normalized spacial score (nSPS) is 24.9. The molecular formula is C15H23NO. The van der Waals surface area contributed by atoms with Crippen LogP contribution in [-0.4, -0.2) is 11.4 Å². The first-order valence-electron chi connectivity index (χ1n) is 7.06. The monoisotopic (exact) mass is 233 g/mol. The summed E-state index contributed by atoms with van der Waals surface area (Å²) in [4.78, 5) is 12.2. The van der Waals surface area contributed by atoms with E-state index in [1.54, 1.807) is 0 Å². The van der Waals surface area contributed by atoms with E-state index in [9.17, 15) is 4.79 Å². The molecule has 2 saturated carbocycles. The van der Waals surface area contributed by atoms with Crippen molar-refractivity contribution in [3.05, 3.63) is 0 Å². The molecule has 1 amide bonds. The zero-order chi connectivity index (χ0) is 12.1. The summed E-state index contributed by atoms with van der Waals surface area (Å²) in [5.74, 6) is 3.29. The third-order valence-corrected chi connectivity index (χ3v) is 4.32. The zero-order valence-corrected chi connectivity index (χ0v) is 10.6. The number of carbonyl (C=O) groups is 1. The largest absolute Gasteiger partial charge is 0.340 e. The van der Waals surface area contributed by atoms with Crippen molar-refractivity contribution in [1.82, 2.24) is 5.32 Å². The minimum Gasteiger partial charge on any atom is -0.340 e. The molecule has 1 N–H and O–H groups in total. The molecule has 2 heteroatoms. The van der Waals surface area contributed by atoms with E-state index in [0.29, 0.717) is 0 Å². The van der Waals surface area contributed by atoms with Gasteiger partial charge in [-0.15, -0.1) is 6.42 Å². The van der Waals surface area contributed by atoms with Crippen molar-refractivity contribution >= 4 is 5.91 Å². The Balaban J connectivity index is 1.93. The van der Waals surface area contributed by atoms with Crippen LogP contribution in [0.3, 0.4) is 0 Å². The topological polar surface area (TPSA) is 29.1 Å². The molecule has 2 aliphatic rings. The highest BCUT2D eigenvalue weighted by Gasteiger charge is 2.33. The first-order valence-corrected chi connectivity index (χ1v) is 7.06. The number of hydrogen-bond acceptors (Lipinski definition) is 1. The summed E-state index contributed by atoms with van der Waals surface area (Å²) in [5.41, 5.74) is -0.327. The molecule has 2 fully saturated rings. The molecule has 0 unspecified atom stereocenters. The van der Waals surface area contributed by atoms with E-state index in [0.717, 1.165) is 38.5 Å². The third kappa shape index (κ3) is 3.03. The molecule has 0 aromatic rings. The van der Waals surface area contributed by atoms with Gasteiger partial charge in [0.15, 0.2) is 0 Å². The van der Waals surface area contributed by atoms with E-state index in [-0.39, 0.29) is 17.4 Å². The fourth-order valence-electron chi connectivity index (χ4n) is 3.16. The van der Waals surface area contributed by atoms with Gasteiger partial charge in [0.2, 0.25) is 5.91 Å². The quantitative estimate of drug-likeness (QED) is 0.730. The van der Waals surface area contributed by atoms with Crippen molar-refractivity contribution in [3.63, 3.8) is 0 Å². The van der Waals surface area contributed by atoms with Gasteiger partial charge in [-0.05, 0) is 25.7 Å². The highest BCUT2D eigenvalue weighted by Crippen LogP contribution is 2.30. The molecule has 0 spiro atoms. The van der Waals surface area contributed by atoms with Crippen LogP contribution in [0.15, 0.2) is 0 Å². The Kier molecular flexibility index (Phi) is 4.10. The van der Waals surface area contributed by atoms with E-state index >= 15 is 0 Å². The molecule has 17 heavy (non-hydrogen) atoms. The van der Waals surface area contributed by atoms with Crippen molar-refractivity contribution in [3.8, 4) is 12.3 Å². The average Bonchev–Trinajstić information content (AvgIpc) is 2.41. The number of nitrogens with one attached hydrogen (secondary N) is 1. The molecule has 0 bridgehead atoms. The molecule has 2 nitrogen and oxygen atoms in total. The third-order valence-electron chi connectivity index (χ3n) is 4.32. The van der Waals surface area contributed by atoms with Crippen molar-refractivity contribution in [2.75, 3.05) is 0 Å². The van der Waals surface area contributed by atoms with Crippen LogP contribution in [0.2, 0.25) is 0 Å². The van der Waals surface area contributed by atoms with Crippen LogP contribution in [0.4, 0.5) is 0 Å². The van der Waals surface area contributed by atoms with Crippen LogP contribution < -0.4 is 5.32 Å². The van der Waals surface area contributed by atoms with Crippen molar-refractivity contribution in [2.24, 2.45) is 5.92 Å². The maximum atomic E-state index is 12.2. The standard InChI is InChI=1S/C15H23NO/c1-2-15(11-7-4-8-12-15)16-14(17)13-9-5-3-6-10-13/h1,13H,3-12H2,(H,16,17). The molecule has 0 heterocycles. The van der Waals surface area contributed by atoms with E-state index < -0.39 is 0 Å². The van der Waals surface area contributed by atoms with E-state index in [4.69, 9.17) is 6.42 Å². The first-order chi connectivity index (χ1) is 8.26. The van der Waals surface area contributed by atoms with Crippen molar-refractivity contribution in [2.45, 2.75) is 69.7 Å². The Morgan fingerprint density at radius 3 is 2.24 bits per heavy atom. The highest BCUT2D eigenvalue weighted by atomic mass is 16.2. The van der Waals surface area contributed by atoms with Crippen LogP contribution in [0.1, 0.15) is 64.2 Å². The second kappa shape index (κ2) is 5.58. The van der Waals surface area contributed by atoms with Gasteiger partial charge in [-0.3, -0.25) is 4.79 Å². The number of amides is 1.